The molecule has 2 saturated heterocycles. The number of anilines is 3. The topological polar surface area (TPSA) is 200 Å². The molecule has 0 spiro atoms. The Morgan fingerprint density at radius 1 is 1.02 bits per heavy atom. The minimum atomic E-state index is -0.189. The SMILES string of the molecule is CNC(=O)c1ccc(NCC#Cc2c3oc4cnc(cc24)NC2CCN(CC2)CC3C)c(OC)c1.N#Cc1cc2c(Br)c(NC3CCC(N4CCCC4C(N)=O)CC3)ncc2o1. The fraction of sp³-hybridized carbons (Fsp3) is 0.457. The van der Waals surface area contributed by atoms with Gasteiger partial charge in [0.25, 0.3) is 5.91 Å². The molecule has 1 saturated carbocycles. The number of piperidine rings is 1. The first-order valence-electron chi connectivity index (χ1n) is 21.5. The normalized spacial score (nSPS) is 23.2. The van der Waals surface area contributed by atoms with Crippen molar-refractivity contribution in [3.8, 4) is 23.7 Å². The van der Waals surface area contributed by atoms with Crippen LogP contribution in [0.2, 0.25) is 0 Å². The lowest BCUT2D eigenvalue weighted by Gasteiger charge is -2.37. The number of nitrogens with two attached hydrogens (primary N) is 1. The molecule has 1 aromatic carbocycles. The summed E-state index contributed by atoms with van der Waals surface area (Å²) in [4.78, 5) is 37.4. The molecule has 4 aromatic heterocycles. The number of amides is 2. The molecule has 5 aliphatic rings. The lowest BCUT2D eigenvalue weighted by molar-refractivity contribution is -0.123. The molecule has 0 radical (unpaired) electrons. The second kappa shape index (κ2) is 19.1. The van der Waals surface area contributed by atoms with Gasteiger partial charge in [-0.2, -0.15) is 5.26 Å². The molecule has 5 bridgehead atoms. The van der Waals surface area contributed by atoms with Crippen LogP contribution in [0.3, 0.4) is 0 Å². The van der Waals surface area contributed by atoms with Gasteiger partial charge in [0, 0.05) is 73.1 Å². The third-order valence-corrected chi connectivity index (χ3v) is 13.4. The van der Waals surface area contributed by atoms with E-state index >= 15 is 0 Å². The van der Waals surface area contributed by atoms with Crippen LogP contribution in [0.15, 0.2) is 56.0 Å². The maximum atomic E-state index is 11.9. The second-order valence-electron chi connectivity index (χ2n) is 16.5. The number of halogens is 1. The summed E-state index contributed by atoms with van der Waals surface area (Å²) in [7, 11) is 3.19. The molecule has 5 aromatic rings. The number of likely N-dealkylation sites (tertiary alicyclic amines) is 1. The van der Waals surface area contributed by atoms with Gasteiger partial charge in [0.15, 0.2) is 11.2 Å². The van der Waals surface area contributed by atoms with Gasteiger partial charge >= 0.3 is 0 Å². The number of rotatable bonds is 8. The lowest BCUT2D eigenvalue weighted by Crippen LogP contribution is -2.48. The first-order valence-corrected chi connectivity index (χ1v) is 22.3. The highest BCUT2D eigenvalue weighted by molar-refractivity contribution is 9.10. The summed E-state index contributed by atoms with van der Waals surface area (Å²) in [5.74, 6) is 9.94. The van der Waals surface area contributed by atoms with Crippen molar-refractivity contribution in [2.45, 2.75) is 88.4 Å². The van der Waals surface area contributed by atoms with Crippen molar-refractivity contribution in [3.63, 3.8) is 0 Å². The zero-order valence-corrected chi connectivity index (χ0v) is 36.9. The van der Waals surface area contributed by atoms with E-state index in [1.54, 1.807) is 44.8 Å². The van der Waals surface area contributed by atoms with E-state index in [2.05, 4.69) is 81.8 Å². The number of nitrogens with one attached hydrogen (secondary N) is 4. The van der Waals surface area contributed by atoms with Gasteiger partial charge in [0.1, 0.15) is 29.2 Å². The highest BCUT2D eigenvalue weighted by Gasteiger charge is 2.36. The van der Waals surface area contributed by atoms with Crippen LogP contribution in [-0.4, -0.2) is 103 Å². The Balaban J connectivity index is 0.000000176. The highest BCUT2D eigenvalue weighted by atomic mass is 79.9. The average Bonchev–Trinajstić information content (AvgIpc) is 4.05. The Bertz CT molecular complexity index is 2540. The van der Waals surface area contributed by atoms with Gasteiger partial charge in [0.2, 0.25) is 11.7 Å². The third-order valence-electron chi connectivity index (χ3n) is 12.5. The van der Waals surface area contributed by atoms with Crippen LogP contribution in [0, 0.1) is 23.2 Å². The van der Waals surface area contributed by atoms with E-state index in [9.17, 15) is 9.59 Å². The number of benzene rings is 1. The Morgan fingerprint density at radius 2 is 1.79 bits per heavy atom. The van der Waals surface area contributed by atoms with Gasteiger partial charge in [-0.15, -0.1) is 0 Å². The fourth-order valence-corrected chi connectivity index (χ4v) is 9.85. The van der Waals surface area contributed by atoms with Gasteiger partial charge in [0.05, 0.1) is 47.8 Å². The van der Waals surface area contributed by atoms with Crippen molar-refractivity contribution in [1.29, 1.82) is 5.26 Å². The van der Waals surface area contributed by atoms with Crippen LogP contribution in [-0.2, 0) is 4.79 Å². The minimum Gasteiger partial charge on any atom is -0.495 e. The van der Waals surface area contributed by atoms with E-state index in [4.69, 9.17) is 24.6 Å². The van der Waals surface area contributed by atoms with E-state index in [1.807, 2.05) is 12.1 Å². The monoisotopic (exact) mass is 904 g/mol. The van der Waals surface area contributed by atoms with E-state index in [-0.39, 0.29) is 29.5 Å². The van der Waals surface area contributed by atoms with Gasteiger partial charge in [-0.05, 0) is 98.1 Å². The molecule has 3 fully saturated rings. The Morgan fingerprint density at radius 3 is 2.53 bits per heavy atom. The molecule has 1 aliphatic carbocycles. The number of ether oxygens (including phenoxy) is 1. The summed E-state index contributed by atoms with van der Waals surface area (Å²) >= 11 is 3.59. The van der Waals surface area contributed by atoms with E-state index < -0.39 is 0 Å². The molecule has 62 heavy (non-hydrogen) atoms. The van der Waals surface area contributed by atoms with E-state index in [1.165, 1.54) is 0 Å². The number of hydrogen-bond donors (Lipinski definition) is 5. The van der Waals surface area contributed by atoms with Crippen LogP contribution < -0.4 is 31.7 Å². The second-order valence-corrected chi connectivity index (χ2v) is 17.3. The molecule has 2 atom stereocenters. The predicted molar refractivity (Wildman–Crippen MR) is 242 cm³/mol. The number of nitriles is 1. The maximum Gasteiger partial charge on any atom is 0.251 e. The number of carbonyl (C=O) groups is 2. The number of carbonyl (C=O) groups excluding carboxylic acids is 2. The first kappa shape index (κ1) is 42.9. The summed E-state index contributed by atoms with van der Waals surface area (Å²) in [6, 6.07) is 12.2. The summed E-state index contributed by atoms with van der Waals surface area (Å²) in [5.41, 5.74) is 9.18. The number of pyridine rings is 2. The lowest BCUT2D eigenvalue weighted by atomic mass is 9.89. The fourth-order valence-electron chi connectivity index (χ4n) is 9.32. The predicted octanol–water partition coefficient (Wildman–Crippen LogP) is 6.79. The maximum absolute atomic E-state index is 11.9. The van der Waals surface area contributed by atoms with Gasteiger partial charge < -0.3 is 45.5 Å². The zero-order valence-electron chi connectivity index (χ0n) is 35.4. The number of fused-ring (bicyclic) bond motifs is 4. The molecular weight excluding hydrogens is 852 g/mol. The Kier molecular flexibility index (Phi) is 13.2. The van der Waals surface area contributed by atoms with Crippen molar-refractivity contribution in [1.82, 2.24) is 25.1 Å². The number of hydrogen-bond acceptors (Lipinski definition) is 13. The Labute approximate surface area is 369 Å². The molecule has 6 N–H and O–H groups in total. The van der Waals surface area contributed by atoms with Gasteiger partial charge in [-0.3, -0.25) is 14.5 Å². The number of primary amides is 1. The number of aromatic nitrogens is 2. The van der Waals surface area contributed by atoms with Crippen molar-refractivity contribution in [2.24, 2.45) is 5.73 Å². The van der Waals surface area contributed by atoms with Crippen LogP contribution >= 0.6 is 15.9 Å². The van der Waals surface area contributed by atoms with Crippen molar-refractivity contribution in [2.75, 3.05) is 62.8 Å². The zero-order chi connectivity index (χ0) is 43.3. The van der Waals surface area contributed by atoms with Crippen molar-refractivity contribution >= 4 is 67.0 Å². The summed E-state index contributed by atoms with van der Waals surface area (Å²) in [6.07, 6.45) is 11.8. The molecule has 2 unspecified atom stereocenters. The van der Waals surface area contributed by atoms with Crippen molar-refractivity contribution < 1.29 is 23.2 Å². The standard InChI is InChI=1S/C27H31N5O3.C19H22BrN5O2/c1-17-16-32-11-8-19(9-12-32)31-25-14-21-20(26(17)35-24(21)15-30-25)5-4-10-29-22-7-6-18(27(33)28-2)13-23(22)34-3;20-17-14-8-13(9-21)27-16(14)10-23-19(17)24-11-3-5-12(6-4-11)25-7-1-2-15(25)18(22)26/h6-7,13-15,17,19,29H,8-12,16H2,1-3H3,(H,28,33)(H,30,31);8,10-12,15H,1-7H2,(H2,22,26)(H,23,24). The summed E-state index contributed by atoms with van der Waals surface area (Å²) < 4.78 is 18.0. The molecule has 2 amide bonds. The highest BCUT2D eigenvalue weighted by Crippen LogP contribution is 2.36. The minimum absolute atomic E-state index is 0.0897. The van der Waals surface area contributed by atoms with Crippen LogP contribution in [0.5, 0.6) is 5.75 Å². The van der Waals surface area contributed by atoms with Crippen LogP contribution in [0.4, 0.5) is 17.3 Å². The molecule has 4 aliphatic heterocycles. The van der Waals surface area contributed by atoms with Gasteiger partial charge in [-0.25, -0.2) is 9.97 Å². The van der Waals surface area contributed by atoms with E-state index in [0.29, 0.717) is 41.6 Å². The average molecular weight is 906 g/mol. The quantitative estimate of drug-likeness (QED) is 0.102. The molecule has 15 nitrogen and oxygen atoms in total. The first-order chi connectivity index (χ1) is 30.1. The number of furan rings is 2. The van der Waals surface area contributed by atoms with E-state index in [0.717, 1.165) is 127 Å². The number of methoxy groups -OCH3 is 1. The van der Waals surface area contributed by atoms with Gasteiger partial charge in [-0.1, -0.05) is 18.8 Å². The van der Waals surface area contributed by atoms with Crippen molar-refractivity contribution in [3.05, 3.63) is 69.8 Å². The van der Waals surface area contributed by atoms with Crippen LogP contribution in [0.1, 0.15) is 91.7 Å². The molecule has 324 valence electrons. The molecular formula is C46H53BrN10O5. The third kappa shape index (κ3) is 9.33. The largest absolute Gasteiger partial charge is 0.495 e. The Hall–Kier alpha value is -5.81. The molecule has 8 heterocycles. The number of nitrogens with zero attached hydrogens (tertiary/aromatic N) is 5. The van der Waals surface area contributed by atoms with Crippen LogP contribution in [0.25, 0.3) is 21.9 Å². The summed E-state index contributed by atoms with van der Waals surface area (Å²) in [5, 5.41) is 23.9. The molecule has 16 heteroatoms. The smallest absolute Gasteiger partial charge is 0.251 e. The summed E-state index contributed by atoms with van der Waals surface area (Å²) in [6.45, 7) is 6.71. The molecule has 10 rings (SSSR count).